The summed E-state index contributed by atoms with van der Waals surface area (Å²) in [4.78, 5) is 12.2. The molecule has 5 nitrogen and oxygen atoms in total. The number of nitrogens with zero attached hydrogens (tertiary/aromatic N) is 1. The Hall–Kier alpha value is -2.34. The monoisotopic (exact) mass is 346 g/mol. The number of hydrogen-bond acceptors (Lipinski definition) is 3. The molecule has 0 aromatic heterocycles. The highest BCUT2D eigenvalue weighted by Gasteiger charge is 2.21. The summed E-state index contributed by atoms with van der Waals surface area (Å²) in [6.45, 7) is 3.91. The van der Waals surface area contributed by atoms with Crippen LogP contribution in [0.15, 0.2) is 59.5 Å². The Morgan fingerprint density at radius 3 is 2.21 bits per heavy atom. The van der Waals surface area contributed by atoms with E-state index in [-0.39, 0.29) is 16.8 Å². The van der Waals surface area contributed by atoms with Gasteiger partial charge in [0, 0.05) is 18.7 Å². The van der Waals surface area contributed by atoms with E-state index >= 15 is 0 Å². The van der Waals surface area contributed by atoms with Gasteiger partial charge in [-0.2, -0.15) is 0 Å². The normalized spacial score (nSPS) is 12.5. The summed E-state index contributed by atoms with van der Waals surface area (Å²) < 4.78 is 26.5. The minimum Gasteiger partial charge on any atom is -0.350 e. The van der Waals surface area contributed by atoms with Crippen molar-refractivity contribution >= 4 is 21.6 Å². The highest BCUT2D eigenvalue weighted by molar-refractivity contribution is 7.92. The Kier molecular flexibility index (Phi) is 5.62. The predicted molar refractivity (Wildman–Crippen MR) is 95.7 cm³/mol. The van der Waals surface area contributed by atoms with Gasteiger partial charge in [-0.15, -0.1) is 0 Å². The van der Waals surface area contributed by atoms with Crippen molar-refractivity contribution in [2.24, 2.45) is 0 Å². The number of amides is 1. The zero-order valence-electron chi connectivity index (χ0n) is 14.1. The van der Waals surface area contributed by atoms with Crippen molar-refractivity contribution < 1.29 is 13.2 Å². The summed E-state index contributed by atoms with van der Waals surface area (Å²) in [7, 11) is -2.15. The molecule has 0 aliphatic carbocycles. The summed E-state index contributed by atoms with van der Waals surface area (Å²) in [5, 5.41) is 2.85. The Labute approximate surface area is 143 Å². The molecule has 0 heterocycles. The van der Waals surface area contributed by atoms with E-state index in [9.17, 15) is 13.2 Å². The highest BCUT2D eigenvalue weighted by atomic mass is 32.2. The molecule has 1 N–H and O–H groups in total. The van der Waals surface area contributed by atoms with Gasteiger partial charge in [-0.25, -0.2) is 8.42 Å². The summed E-state index contributed by atoms with van der Waals surface area (Å²) in [5.41, 5.74) is 1.02. The number of carbonyl (C=O) groups excluding carboxylic acids is 1. The Bertz CT molecular complexity index is 787. The lowest BCUT2D eigenvalue weighted by atomic mass is 10.2. The molecule has 1 amide bonds. The SMILES string of the molecule is CCC(C)NC(=O)c1ccc(S(=O)(=O)N(C)c2ccccc2)cc1. The molecule has 1 atom stereocenters. The van der Waals surface area contributed by atoms with Gasteiger partial charge >= 0.3 is 0 Å². The van der Waals surface area contributed by atoms with Crippen LogP contribution in [0.1, 0.15) is 30.6 Å². The van der Waals surface area contributed by atoms with E-state index in [4.69, 9.17) is 0 Å². The van der Waals surface area contributed by atoms with Gasteiger partial charge in [-0.05, 0) is 49.7 Å². The molecule has 2 rings (SSSR count). The molecule has 2 aromatic rings. The van der Waals surface area contributed by atoms with Crippen molar-refractivity contribution in [1.82, 2.24) is 5.32 Å². The lowest BCUT2D eigenvalue weighted by Crippen LogP contribution is -2.32. The largest absolute Gasteiger partial charge is 0.350 e. The zero-order valence-corrected chi connectivity index (χ0v) is 14.9. The predicted octanol–water partition coefficient (Wildman–Crippen LogP) is 3.04. The third-order valence-electron chi connectivity index (χ3n) is 3.88. The molecule has 24 heavy (non-hydrogen) atoms. The molecule has 0 radical (unpaired) electrons. The summed E-state index contributed by atoms with van der Waals surface area (Å²) >= 11 is 0. The van der Waals surface area contributed by atoms with Crippen LogP contribution in [0.2, 0.25) is 0 Å². The maximum Gasteiger partial charge on any atom is 0.264 e. The molecule has 0 fully saturated rings. The average molecular weight is 346 g/mol. The van der Waals surface area contributed by atoms with E-state index < -0.39 is 10.0 Å². The molecule has 2 aromatic carbocycles. The number of carbonyl (C=O) groups is 1. The van der Waals surface area contributed by atoms with Crippen molar-refractivity contribution in [3.05, 3.63) is 60.2 Å². The van der Waals surface area contributed by atoms with Crippen LogP contribution in [0, 0.1) is 0 Å². The lowest BCUT2D eigenvalue weighted by molar-refractivity contribution is 0.0939. The van der Waals surface area contributed by atoms with Gasteiger partial charge in [0.15, 0.2) is 0 Å². The van der Waals surface area contributed by atoms with Crippen LogP contribution in [0.5, 0.6) is 0 Å². The van der Waals surface area contributed by atoms with Gasteiger partial charge in [0.25, 0.3) is 15.9 Å². The lowest BCUT2D eigenvalue weighted by Gasteiger charge is -2.19. The maximum atomic E-state index is 12.7. The van der Waals surface area contributed by atoms with Crippen LogP contribution in [-0.4, -0.2) is 27.4 Å². The first-order valence-electron chi connectivity index (χ1n) is 7.81. The first-order chi connectivity index (χ1) is 11.4. The van der Waals surface area contributed by atoms with Crippen molar-refractivity contribution in [1.29, 1.82) is 0 Å². The van der Waals surface area contributed by atoms with E-state index in [0.29, 0.717) is 11.3 Å². The molecule has 0 aliphatic heterocycles. The number of benzene rings is 2. The molecular weight excluding hydrogens is 324 g/mol. The topological polar surface area (TPSA) is 66.5 Å². The third kappa shape index (κ3) is 3.94. The summed E-state index contributed by atoms with van der Waals surface area (Å²) in [6.07, 6.45) is 0.833. The zero-order chi connectivity index (χ0) is 17.7. The molecule has 1 unspecified atom stereocenters. The van der Waals surface area contributed by atoms with Crippen molar-refractivity contribution in [3.63, 3.8) is 0 Å². The fraction of sp³-hybridized carbons (Fsp3) is 0.278. The molecule has 0 aliphatic rings. The number of sulfonamides is 1. The van der Waals surface area contributed by atoms with Crippen molar-refractivity contribution in [3.8, 4) is 0 Å². The van der Waals surface area contributed by atoms with Gasteiger partial charge in [0.2, 0.25) is 0 Å². The van der Waals surface area contributed by atoms with E-state index in [1.54, 1.807) is 24.3 Å². The number of anilines is 1. The molecule has 6 heteroatoms. The fourth-order valence-corrected chi connectivity index (χ4v) is 3.32. The van der Waals surface area contributed by atoms with Gasteiger partial charge in [-0.1, -0.05) is 25.1 Å². The second kappa shape index (κ2) is 7.49. The Balaban J connectivity index is 2.22. The van der Waals surface area contributed by atoms with Gasteiger partial charge in [0.05, 0.1) is 10.6 Å². The second-order valence-electron chi connectivity index (χ2n) is 5.62. The molecule has 0 bridgehead atoms. The van der Waals surface area contributed by atoms with Crippen LogP contribution >= 0.6 is 0 Å². The van der Waals surface area contributed by atoms with Crippen molar-refractivity contribution in [2.45, 2.75) is 31.2 Å². The van der Waals surface area contributed by atoms with Gasteiger partial charge in [-0.3, -0.25) is 9.10 Å². The van der Waals surface area contributed by atoms with Crippen LogP contribution in [0.4, 0.5) is 5.69 Å². The molecular formula is C18H22N2O3S. The first-order valence-corrected chi connectivity index (χ1v) is 9.25. The Morgan fingerprint density at radius 1 is 1.08 bits per heavy atom. The van der Waals surface area contributed by atoms with Gasteiger partial charge < -0.3 is 5.32 Å². The summed E-state index contributed by atoms with van der Waals surface area (Å²) in [6, 6.07) is 14.9. The molecule has 0 saturated heterocycles. The van der Waals surface area contributed by atoms with Crippen molar-refractivity contribution in [2.75, 3.05) is 11.4 Å². The minimum atomic E-state index is -3.66. The second-order valence-corrected chi connectivity index (χ2v) is 7.58. The van der Waals surface area contributed by atoms with E-state index in [1.165, 1.54) is 35.6 Å². The first kappa shape index (κ1) is 18.0. The average Bonchev–Trinajstić information content (AvgIpc) is 2.61. The standard InChI is InChI=1S/C18H22N2O3S/c1-4-14(2)19-18(21)15-10-12-17(13-11-15)24(22,23)20(3)16-8-6-5-7-9-16/h5-14H,4H2,1-3H3,(H,19,21). The highest BCUT2D eigenvalue weighted by Crippen LogP contribution is 2.21. The third-order valence-corrected chi connectivity index (χ3v) is 5.68. The van der Waals surface area contributed by atoms with E-state index in [0.717, 1.165) is 6.42 Å². The van der Waals surface area contributed by atoms with E-state index in [2.05, 4.69) is 5.32 Å². The number of nitrogens with one attached hydrogen (secondary N) is 1. The Morgan fingerprint density at radius 2 is 1.67 bits per heavy atom. The van der Waals surface area contributed by atoms with E-state index in [1.807, 2.05) is 19.9 Å². The molecule has 128 valence electrons. The number of hydrogen-bond donors (Lipinski definition) is 1. The molecule has 0 spiro atoms. The number of rotatable bonds is 6. The van der Waals surface area contributed by atoms with Crippen LogP contribution in [-0.2, 0) is 10.0 Å². The van der Waals surface area contributed by atoms with Crippen LogP contribution < -0.4 is 9.62 Å². The maximum absolute atomic E-state index is 12.7. The fourth-order valence-electron chi connectivity index (χ4n) is 2.12. The molecule has 0 saturated carbocycles. The van der Waals surface area contributed by atoms with Crippen LogP contribution in [0.25, 0.3) is 0 Å². The minimum absolute atomic E-state index is 0.0742. The summed E-state index contributed by atoms with van der Waals surface area (Å²) in [5.74, 6) is -0.204. The smallest absolute Gasteiger partial charge is 0.264 e. The van der Waals surface area contributed by atoms with Crippen LogP contribution in [0.3, 0.4) is 0 Å². The van der Waals surface area contributed by atoms with Gasteiger partial charge in [0.1, 0.15) is 0 Å². The quantitative estimate of drug-likeness (QED) is 0.874. The number of para-hydroxylation sites is 1.